The predicted molar refractivity (Wildman–Crippen MR) is 112 cm³/mol. The second-order valence-corrected chi connectivity index (χ2v) is 10.2. The molecule has 0 amide bonds. The standard InChI is InChI=1S/C25H42/c1-21-13-12-15-22(14-8-6-10-17-24(2,3)4)23(21)16-9-7-11-18-25(5)19-20-25/h12-13,15H,6-11,14,16-20H2,1-5H3. The lowest BCUT2D eigenvalue weighted by Gasteiger charge is -2.18. The zero-order valence-electron chi connectivity index (χ0n) is 17.7. The minimum Gasteiger partial charge on any atom is -0.0617 e. The van der Waals surface area contributed by atoms with Gasteiger partial charge in [-0.25, -0.2) is 0 Å². The van der Waals surface area contributed by atoms with E-state index < -0.39 is 0 Å². The molecule has 0 aromatic heterocycles. The van der Waals surface area contributed by atoms with Crippen LogP contribution < -0.4 is 0 Å². The number of unbranched alkanes of at least 4 members (excludes halogenated alkanes) is 4. The van der Waals surface area contributed by atoms with Gasteiger partial charge in [-0.2, -0.15) is 0 Å². The molecule has 2 rings (SSSR count). The largest absolute Gasteiger partial charge is 0.0617 e. The fourth-order valence-corrected chi connectivity index (χ4v) is 4.00. The number of rotatable bonds is 11. The van der Waals surface area contributed by atoms with E-state index >= 15 is 0 Å². The smallest absolute Gasteiger partial charge is 0.0274 e. The van der Waals surface area contributed by atoms with Crippen molar-refractivity contribution in [3.63, 3.8) is 0 Å². The van der Waals surface area contributed by atoms with Gasteiger partial charge in [-0.05, 0) is 85.8 Å². The average Bonchev–Trinajstić information content (AvgIpc) is 3.25. The van der Waals surface area contributed by atoms with Crippen molar-refractivity contribution in [2.45, 2.75) is 112 Å². The third-order valence-corrected chi connectivity index (χ3v) is 6.19. The molecule has 142 valence electrons. The van der Waals surface area contributed by atoms with Crippen LogP contribution in [0.3, 0.4) is 0 Å². The quantitative estimate of drug-likeness (QED) is 0.357. The monoisotopic (exact) mass is 342 g/mol. The molecule has 1 saturated carbocycles. The molecule has 0 spiro atoms. The van der Waals surface area contributed by atoms with Crippen LogP contribution in [0.4, 0.5) is 0 Å². The van der Waals surface area contributed by atoms with E-state index in [9.17, 15) is 0 Å². The van der Waals surface area contributed by atoms with Gasteiger partial charge in [-0.3, -0.25) is 0 Å². The molecule has 1 fully saturated rings. The van der Waals surface area contributed by atoms with Crippen LogP contribution in [0.25, 0.3) is 0 Å². The summed E-state index contributed by atoms with van der Waals surface area (Å²) in [5.41, 5.74) is 6.04. The molecule has 1 aromatic carbocycles. The zero-order chi connectivity index (χ0) is 18.3. The Labute approximate surface area is 157 Å². The summed E-state index contributed by atoms with van der Waals surface area (Å²) in [4.78, 5) is 0. The molecule has 0 atom stereocenters. The topological polar surface area (TPSA) is 0 Å². The first-order valence-corrected chi connectivity index (χ1v) is 10.9. The number of hydrogen-bond acceptors (Lipinski definition) is 0. The van der Waals surface area contributed by atoms with Crippen LogP contribution >= 0.6 is 0 Å². The fraction of sp³-hybridized carbons (Fsp3) is 0.760. The molecular formula is C25H42. The van der Waals surface area contributed by atoms with Gasteiger partial charge in [0.1, 0.15) is 0 Å². The van der Waals surface area contributed by atoms with Crippen LogP contribution in [-0.2, 0) is 12.8 Å². The van der Waals surface area contributed by atoms with Crippen molar-refractivity contribution in [1.29, 1.82) is 0 Å². The Bertz CT molecular complexity index is 513. The molecule has 0 radical (unpaired) electrons. The molecule has 1 aliphatic carbocycles. The first-order chi connectivity index (χ1) is 11.8. The maximum atomic E-state index is 2.46. The Morgan fingerprint density at radius 3 is 2.24 bits per heavy atom. The summed E-state index contributed by atoms with van der Waals surface area (Å²) in [6.07, 6.45) is 16.7. The molecule has 0 heterocycles. The summed E-state index contributed by atoms with van der Waals surface area (Å²) in [6.45, 7) is 11.8. The van der Waals surface area contributed by atoms with Crippen molar-refractivity contribution in [2.24, 2.45) is 10.8 Å². The fourth-order valence-electron chi connectivity index (χ4n) is 4.00. The van der Waals surface area contributed by atoms with Gasteiger partial charge in [0.15, 0.2) is 0 Å². The van der Waals surface area contributed by atoms with E-state index in [4.69, 9.17) is 0 Å². The van der Waals surface area contributed by atoms with Crippen LogP contribution in [-0.4, -0.2) is 0 Å². The highest BCUT2D eigenvalue weighted by Crippen LogP contribution is 2.49. The number of benzene rings is 1. The summed E-state index contributed by atoms with van der Waals surface area (Å²) in [5.74, 6) is 0. The normalized spacial score (nSPS) is 16.2. The van der Waals surface area contributed by atoms with Gasteiger partial charge in [-0.1, -0.05) is 71.6 Å². The molecule has 0 N–H and O–H groups in total. The van der Waals surface area contributed by atoms with Crippen LogP contribution in [0.15, 0.2) is 18.2 Å². The minimum absolute atomic E-state index is 0.492. The SMILES string of the molecule is Cc1cccc(CCCCCC(C)(C)C)c1CCCCCC1(C)CC1. The molecule has 0 aliphatic heterocycles. The van der Waals surface area contributed by atoms with E-state index in [1.165, 1.54) is 82.6 Å². The highest BCUT2D eigenvalue weighted by atomic mass is 14.4. The lowest BCUT2D eigenvalue weighted by atomic mass is 9.88. The van der Waals surface area contributed by atoms with Crippen LogP contribution in [0, 0.1) is 17.8 Å². The second-order valence-electron chi connectivity index (χ2n) is 10.2. The van der Waals surface area contributed by atoms with E-state index in [1.807, 2.05) is 0 Å². The molecule has 0 saturated heterocycles. The summed E-state index contributed by atoms with van der Waals surface area (Å²) in [6, 6.07) is 6.96. The Hall–Kier alpha value is -0.780. The predicted octanol–water partition coefficient (Wildman–Crippen LogP) is 8.05. The second kappa shape index (κ2) is 9.24. The Balaban J connectivity index is 1.71. The van der Waals surface area contributed by atoms with Crippen molar-refractivity contribution < 1.29 is 0 Å². The van der Waals surface area contributed by atoms with Crippen LogP contribution in [0.5, 0.6) is 0 Å². The van der Waals surface area contributed by atoms with E-state index in [0.29, 0.717) is 5.41 Å². The summed E-state index contributed by atoms with van der Waals surface area (Å²) >= 11 is 0. The van der Waals surface area contributed by atoms with Crippen LogP contribution in [0.2, 0.25) is 0 Å². The zero-order valence-corrected chi connectivity index (χ0v) is 17.7. The van der Waals surface area contributed by atoms with Crippen LogP contribution in [0.1, 0.15) is 109 Å². The molecule has 0 heteroatoms. The first-order valence-electron chi connectivity index (χ1n) is 10.9. The van der Waals surface area contributed by atoms with E-state index in [-0.39, 0.29) is 0 Å². The molecule has 25 heavy (non-hydrogen) atoms. The molecule has 0 unspecified atom stereocenters. The van der Waals surface area contributed by atoms with Crippen molar-refractivity contribution in [3.8, 4) is 0 Å². The Morgan fingerprint density at radius 1 is 0.880 bits per heavy atom. The van der Waals surface area contributed by atoms with Crippen molar-refractivity contribution in [2.75, 3.05) is 0 Å². The molecule has 0 nitrogen and oxygen atoms in total. The van der Waals surface area contributed by atoms with Gasteiger partial charge in [0.2, 0.25) is 0 Å². The van der Waals surface area contributed by atoms with Gasteiger partial charge in [0, 0.05) is 0 Å². The molecule has 1 aliphatic rings. The van der Waals surface area contributed by atoms with Gasteiger partial charge >= 0.3 is 0 Å². The summed E-state index contributed by atoms with van der Waals surface area (Å²) in [7, 11) is 0. The average molecular weight is 343 g/mol. The lowest BCUT2D eigenvalue weighted by Crippen LogP contribution is -2.04. The van der Waals surface area contributed by atoms with E-state index in [0.717, 1.165) is 5.41 Å². The Kier molecular flexibility index (Phi) is 7.59. The third-order valence-electron chi connectivity index (χ3n) is 6.19. The molecule has 1 aromatic rings. The Morgan fingerprint density at radius 2 is 1.56 bits per heavy atom. The van der Waals surface area contributed by atoms with Crippen molar-refractivity contribution >= 4 is 0 Å². The molecular weight excluding hydrogens is 300 g/mol. The van der Waals surface area contributed by atoms with Crippen molar-refractivity contribution in [3.05, 3.63) is 34.9 Å². The van der Waals surface area contributed by atoms with Crippen molar-refractivity contribution in [1.82, 2.24) is 0 Å². The summed E-state index contributed by atoms with van der Waals surface area (Å²) in [5, 5.41) is 0. The van der Waals surface area contributed by atoms with E-state index in [1.54, 1.807) is 11.1 Å². The minimum atomic E-state index is 0.492. The van der Waals surface area contributed by atoms with Gasteiger partial charge in [0.25, 0.3) is 0 Å². The van der Waals surface area contributed by atoms with Gasteiger partial charge < -0.3 is 0 Å². The third kappa shape index (κ3) is 7.97. The maximum Gasteiger partial charge on any atom is -0.0274 e. The maximum absolute atomic E-state index is 2.46. The van der Waals surface area contributed by atoms with Gasteiger partial charge in [0.05, 0.1) is 0 Å². The molecule has 0 bridgehead atoms. The number of hydrogen-bond donors (Lipinski definition) is 0. The lowest BCUT2D eigenvalue weighted by molar-refractivity contribution is 0.358. The van der Waals surface area contributed by atoms with Gasteiger partial charge in [-0.15, -0.1) is 0 Å². The highest BCUT2D eigenvalue weighted by molar-refractivity contribution is 5.34. The summed E-state index contributed by atoms with van der Waals surface area (Å²) < 4.78 is 0. The number of aryl methyl sites for hydroxylation is 2. The van der Waals surface area contributed by atoms with E-state index in [2.05, 4.69) is 52.8 Å². The highest BCUT2D eigenvalue weighted by Gasteiger charge is 2.35. The first kappa shape index (κ1) is 20.5.